The summed E-state index contributed by atoms with van der Waals surface area (Å²) in [5.74, 6) is 1.21. The maximum atomic E-state index is 12.6. The summed E-state index contributed by atoms with van der Waals surface area (Å²) >= 11 is 0. The molecular formula is C17H21N5O4. The Kier molecular flexibility index (Phi) is 4.37. The number of nitrogens with zero attached hydrogens (tertiary/aromatic N) is 3. The lowest BCUT2D eigenvalue weighted by molar-refractivity contribution is -0.125. The fraction of sp³-hybridized carbons (Fsp3) is 0.471. The van der Waals surface area contributed by atoms with Gasteiger partial charge in [0, 0.05) is 37.9 Å². The van der Waals surface area contributed by atoms with Gasteiger partial charge >= 0.3 is 0 Å². The quantitative estimate of drug-likeness (QED) is 0.762. The predicted octanol–water partition coefficient (Wildman–Crippen LogP) is -0.154. The summed E-state index contributed by atoms with van der Waals surface area (Å²) in [6.45, 7) is 3.50. The summed E-state index contributed by atoms with van der Waals surface area (Å²) in [5.41, 5.74) is 0.585. The highest BCUT2D eigenvalue weighted by atomic mass is 16.7. The van der Waals surface area contributed by atoms with E-state index in [9.17, 15) is 9.59 Å². The van der Waals surface area contributed by atoms with Crippen LogP contribution in [0.25, 0.3) is 0 Å². The first-order valence-corrected chi connectivity index (χ1v) is 8.60. The molecule has 1 fully saturated rings. The summed E-state index contributed by atoms with van der Waals surface area (Å²) in [6.07, 6.45) is 0.0353. The molecule has 138 valence electrons. The van der Waals surface area contributed by atoms with Crippen molar-refractivity contribution in [2.45, 2.75) is 12.5 Å². The fourth-order valence-corrected chi connectivity index (χ4v) is 3.11. The average Bonchev–Trinajstić information content (AvgIpc) is 3.09. The molecule has 26 heavy (non-hydrogen) atoms. The molecule has 0 saturated carbocycles. The molecule has 1 unspecified atom stereocenters. The zero-order valence-corrected chi connectivity index (χ0v) is 14.5. The minimum absolute atomic E-state index is 0.0353. The van der Waals surface area contributed by atoms with E-state index in [0.29, 0.717) is 23.1 Å². The van der Waals surface area contributed by atoms with Crippen molar-refractivity contribution in [2.24, 2.45) is 4.99 Å². The Morgan fingerprint density at radius 3 is 2.81 bits per heavy atom. The maximum Gasteiger partial charge on any atom is 0.249 e. The van der Waals surface area contributed by atoms with Gasteiger partial charge in [0.05, 0.1) is 6.42 Å². The third kappa shape index (κ3) is 3.43. The first kappa shape index (κ1) is 16.6. The van der Waals surface area contributed by atoms with Crippen LogP contribution >= 0.6 is 0 Å². The largest absolute Gasteiger partial charge is 0.454 e. The van der Waals surface area contributed by atoms with Crippen LogP contribution in [0.4, 0.5) is 5.69 Å². The van der Waals surface area contributed by atoms with Crippen molar-refractivity contribution in [3.8, 4) is 11.5 Å². The second kappa shape index (κ2) is 6.83. The zero-order valence-electron chi connectivity index (χ0n) is 14.5. The van der Waals surface area contributed by atoms with Gasteiger partial charge in [-0.1, -0.05) is 0 Å². The molecule has 2 N–H and O–H groups in total. The van der Waals surface area contributed by atoms with Gasteiger partial charge in [-0.2, -0.15) is 0 Å². The molecular weight excluding hydrogens is 338 g/mol. The van der Waals surface area contributed by atoms with Gasteiger partial charge in [-0.05, 0) is 19.2 Å². The molecule has 4 rings (SSSR count). The summed E-state index contributed by atoms with van der Waals surface area (Å²) in [6, 6.07) is 4.43. The summed E-state index contributed by atoms with van der Waals surface area (Å²) in [5, 5.41) is 5.59. The van der Waals surface area contributed by atoms with Crippen molar-refractivity contribution in [2.75, 3.05) is 45.3 Å². The van der Waals surface area contributed by atoms with E-state index in [4.69, 9.17) is 9.47 Å². The molecule has 0 radical (unpaired) electrons. The number of ether oxygens (including phenoxy) is 2. The molecule has 9 heteroatoms. The van der Waals surface area contributed by atoms with Crippen molar-refractivity contribution in [3.63, 3.8) is 0 Å². The Morgan fingerprint density at radius 1 is 1.23 bits per heavy atom. The summed E-state index contributed by atoms with van der Waals surface area (Å²) < 4.78 is 10.6. The minimum Gasteiger partial charge on any atom is -0.454 e. The van der Waals surface area contributed by atoms with Crippen molar-refractivity contribution < 1.29 is 19.1 Å². The van der Waals surface area contributed by atoms with Crippen LogP contribution in [0.15, 0.2) is 23.2 Å². The highest BCUT2D eigenvalue weighted by Crippen LogP contribution is 2.34. The van der Waals surface area contributed by atoms with E-state index in [1.165, 1.54) is 0 Å². The Balaban J connectivity index is 1.46. The lowest BCUT2D eigenvalue weighted by Gasteiger charge is -2.36. The summed E-state index contributed by atoms with van der Waals surface area (Å²) in [7, 11) is 2.06. The number of likely N-dealkylation sites (N-methyl/N-ethyl adjacent to an activating group) is 1. The molecule has 0 aliphatic carbocycles. The molecule has 1 aromatic carbocycles. The monoisotopic (exact) mass is 359 g/mol. The van der Waals surface area contributed by atoms with Gasteiger partial charge in [0.1, 0.15) is 6.04 Å². The maximum absolute atomic E-state index is 12.6. The molecule has 3 aliphatic rings. The highest BCUT2D eigenvalue weighted by molar-refractivity contribution is 6.06. The van der Waals surface area contributed by atoms with Gasteiger partial charge in [-0.25, -0.2) is 4.99 Å². The number of aliphatic imine (C=N–C) groups is 1. The van der Waals surface area contributed by atoms with E-state index in [1.54, 1.807) is 18.2 Å². The third-order valence-electron chi connectivity index (χ3n) is 4.65. The van der Waals surface area contributed by atoms with Gasteiger partial charge in [-0.3, -0.25) is 14.9 Å². The van der Waals surface area contributed by atoms with Crippen LogP contribution < -0.4 is 20.1 Å². The smallest absolute Gasteiger partial charge is 0.249 e. The molecule has 0 bridgehead atoms. The first-order valence-electron chi connectivity index (χ1n) is 8.60. The Labute approximate surface area is 150 Å². The zero-order chi connectivity index (χ0) is 18.1. The fourth-order valence-electron chi connectivity index (χ4n) is 3.11. The summed E-state index contributed by atoms with van der Waals surface area (Å²) in [4.78, 5) is 33.4. The number of hydrogen-bond donors (Lipinski definition) is 2. The predicted molar refractivity (Wildman–Crippen MR) is 94.2 cm³/mol. The molecule has 0 spiro atoms. The number of fused-ring (bicyclic) bond motifs is 1. The van der Waals surface area contributed by atoms with Crippen LogP contribution in [0.3, 0.4) is 0 Å². The van der Waals surface area contributed by atoms with Crippen LogP contribution in [0, 0.1) is 0 Å². The van der Waals surface area contributed by atoms with E-state index < -0.39 is 6.04 Å². The van der Waals surface area contributed by atoms with E-state index in [-0.39, 0.29) is 25.0 Å². The number of hydrogen-bond acceptors (Lipinski definition) is 7. The Hall–Kier alpha value is -2.81. The number of guanidine groups is 1. The molecule has 3 heterocycles. The second-order valence-electron chi connectivity index (χ2n) is 6.57. The van der Waals surface area contributed by atoms with Crippen LogP contribution in [0.2, 0.25) is 0 Å². The van der Waals surface area contributed by atoms with Crippen molar-refractivity contribution in [1.82, 2.24) is 15.1 Å². The second-order valence-corrected chi connectivity index (χ2v) is 6.57. The number of anilines is 1. The van der Waals surface area contributed by atoms with Gasteiger partial charge in [0.2, 0.25) is 24.6 Å². The topological polar surface area (TPSA) is 95.5 Å². The molecule has 9 nitrogen and oxygen atoms in total. The number of amides is 2. The van der Waals surface area contributed by atoms with E-state index >= 15 is 0 Å². The number of piperazine rings is 1. The number of rotatable bonds is 2. The van der Waals surface area contributed by atoms with E-state index in [1.807, 2.05) is 4.90 Å². The first-order chi connectivity index (χ1) is 12.6. The molecule has 2 amide bonds. The molecule has 1 saturated heterocycles. The van der Waals surface area contributed by atoms with Crippen molar-refractivity contribution in [1.29, 1.82) is 0 Å². The highest BCUT2D eigenvalue weighted by Gasteiger charge is 2.30. The van der Waals surface area contributed by atoms with Crippen molar-refractivity contribution in [3.05, 3.63) is 18.2 Å². The Morgan fingerprint density at radius 2 is 2.00 bits per heavy atom. The lowest BCUT2D eigenvalue weighted by atomic mass is 10.1. The van der Waals surface area contributed by atoms with Gasteiger partial charge in [0.15, 0.2) is 11.5 Å². The van der Waals surface area contributed by atoms with Gasteiger partial charge in [0.25, 0.3) is 0 Å². The SMILES string of the molecule is CN1CCN(C2=NC(C(=O)Nc3ccc4c(c3)OCO4)CC(=O)N2)CC1. The minimum atomic E-state index is -0.746. The molecule has 1 atom stereocenters. The van der Waals surface area contributed by atoms with E-state index in [2.05, 4.69) is 27.6 Å². The standard InChI is InChI=1S/C17H21N5O4/c1-21-4-6-22(7-5-21)17-19-12(9-15(23)20-17)16(24)18-11-2-3-13-14(8-11)26-10-25-13/h2-3,8,12H,4-7,9-10H2,1H3,(H,18,24)(H,19,20,23). The van der Waals surface area contributed by atoms with Gasteiger partial charge in [-0.15, -0.1) is 0 Å². The third-order valence-corrected chi connectivity index (χ3v) is 4.65. The van der Waals surface area contributed by atoms with E-state index in [0.717, 1.165) is 26.2 Å². The van der Waals surface area contributed by atoms with Crippen LogP contribution in [-0.2, 0) is 9.59 Å². The number of nitrogens with one attached hydrogen (secondary N) is 2. The van der Waals surface area contributed by atoms with Crippen LogP contribution in [0.5, 0.6) is 11.5 Å². The van der Waals surface area contributed by atoms with Crippen LogP contribution in [0.1, 0.15) is 6.42 Å². The number of carbonyl (C=O) groups excluding carboxylic acids is 2. The van der Waals surface area contributed by atoms with Crippen molar-refractivity contribution >= 4 is 23.5 Å². The average molecular weight is 359 g/mol. The number of benzene rings is 1. The normalized spacial score (nSPS) is 22.7. The molecule has 1 aromatic rings. The molecule has 3 aliphatic heterocycles. The number of carbonyl (C=O) groups is 2. The molecule has 0 aromatic heterocycles. The lowest BCUT2D eigenvalue weighted by Crippen LogP contribution is -2.55. The van der Waals surface area contributed by atoms with Gasteiger partial charge < -0.3 is 24.6 Å². The van der Waals surface area contributed by atoms with Crippen LogP contribution in [-0.4, -0.2) is 73.6 Å². The Bertz CT molecular complexity index is 758.